The van der Waals surface area contributed by atoms with E-state index in [1.807, 2.05) is 11.3 Å². The third-order valence-corrected chi connectivity index (χ3v) is 4.74. The molecule has 0 bridgehead atoms. The van der Waals surface area contributed by atoms with Crippen molar-refractivity contribution in [3.05, 3.63) is 20.8 Å². The van der Waals surface area contributed by atoms with Gasteiger partial charge in [-0.3, -0.25) is 0 Å². The summed E-state index contributed by atoms with van der Waals surface area (Å²) in [5.41, 5.74) is 0.394. The van der Waals surface area contributed by atoms with E-state index in [9.17, 15) is 0 Å². The van der Waals surface area contributed by atoms with Gasteiger partial charge in [-0.1, -0.05) is 27.2 Å². The second-order valence-corrected chi connectivity index (χ2v) is 5.62. The van der Waals surface area contributed by atoms with E-state index in [0.717, 1.165) is 0 Å². The van der Waals surface area contributed by atoms with Gasteiger partial charge in [0.05, 0.1) is 0 Å². The van der Waals surface area contributed by atoms with Crippen LogP contribution in [-0.2, 0) is 5.41 Å². The minimum atomic E-state index is 0.394. The Balaban J connectivity index is 2.88. The fourth-order valence-corrected chi connectivity index (χ4v) is 3.35. The van der Waals surface area contributed by atoms with E-state index < -0.39 is 0 Å². The lowest BCUT2D eigenvalue weighted by Gasteiger charge is -2.26. The molecule has 0 saturated heterocycles. The van der Waals surface area contributed by atoms with Gasteiger partial charge in [0.15, 0.2) is 0 Å². The third kappa shape index (κ3) is 2.57. The fraction of sp³-hybridized carbons (Fsp3) is 0.636. The Hall–Kier alpha value is 0.180. The third-order valence-electron chi connectivity index (χ3n) is 2.74. The van der Waals surface area contributed by atoms with Crippen molar-refractivity contribution < 1.29 is 0 Å². The summed E-state index contributed by atoms with van der Waals surface area (Å²) in [5.74, 6) is 0. The molecule has 0 amide bonds. The van der Waals surface area contributed by atoms with Crippen LogP contribution in [0.25, 0.3) is 0 Å². The summed E-state index contributed by atoms with van der Waals surface area (Å²) in [6.07, 6.45) is 3.78. The molecule has 0 N–H and O–H groups in total. The first-order valence-corrected chi connectivity index (χ1v) is 6.54. The van der Waals surface area contributed by atoms with Crippen molar-refractivity contribution >= 4 is 27.3 Å². The predicted molar refractivity (Wildman–Crippen MR) is 64.6 cm³/mol. The normalized spacial score (nSPS) is 15.7. The molecule has 1 atom stereocenters. The zero-order valence-electron chi connectivity index (χ0n) is 8.56. The molecular weight excluding hydrogens is 244 g/mol. The van der Waals surface area contributed by atoms with Crippen molar-refractivity contribution in [2.45, 2.75) is 45.4 Å². The van der Waals surface area contributed by atoms with Gasteiger partial charge in [0.25, 0.3) is 0 Å². The van der Waals surface area contributed by atoms with Crippen molar-refractivity contribution in [1.29, 1.82) is 0 Å². The highest BCUT2D eigenvalue weighted by Gasteiger charge is 2.24. The zero-order valence-corrected chi connectivity index (χ0v) is 11.0. The standard InChI is InChI=1S/C11H17BrS/c1-4-6-11(3,5-2)10-7-9(12)8-13-10/h7-8H,4-6H2,1-3H3. The molecule has 1 aromatic rings. The van der Waals surface area contributed by atoms with Crippen LogP contribution in [-0.4, -0.2) is 0 Å². The molecule has 2 heteroatoms. The Kier molecular flexibility index (Phi) is 3.99. The van der Waals surface area contributed by atoms with Crippen LogP contribution >= 0.6 is 27.3 Å². The number of thiophene rings is 1. The van der Waals surface area contributed by atoms with E-state index in [1.54, 1.807) is 0 Å². The first-order valence-electron chi connectivity index (χ1n) is 4.87. The van der Waals surface area contributed by atoms with Crippen LogP contribution in [0.15, 0.2) is 15.9 Å². The average molecular weight is 261 g/mol. The molecule has 0 spiro atoms. The van der Waals surface area contributed by atoms with Crippen LogP contribution in [0.4, 0.5) is 0 Å². The van der Waals surface area contributed by atoms with E-state index in [4.69, 9.17) is 0 Å². The molecule has 74 valence electrons. The first kappa shape index (κ1) is 11.3. The number of hydrogen-bond donors (Lipinski definition) is 0. The molecule has 1 unspecified atom stereocenters. The van der Waals surface area contributed by atoms with Crippen LogP contribution in [0.3, 0.4) is 0 Å². The summed E-state index contributed by atoms with van der Waals surface area (Å²) >= 11 is 5.39. The van der Waals surface area contributed by atoms with Gasteiger partial charge in [-0.25, -0.2) is 0 Å². The summed E-state index contributed by atoms with van der Waals surface area (Å²) in [5, 5.41) is 2.18. The summed E-state index contributed by atoms with van der Waals surface area (Å²) < 4.78 is 1.23. The molecule has 13 heavy (non-hydrogen) atoms. The number of halogens is 1. The predicted octanol–water partition coefficient (Wildman–Crippen LogP) is 4.98. The molecule has 0 aliphatic heterocycles. The molecular formula is C11H17BrS. The Morgan fingerprint density at radius 1 is 1.46 bits per heavy atom. The van der Waals surface area contributed by atoms with Crippen molar-refractivity contribution in [1.82, 2.24) is 0 Å². The summed E-state index contributed by atoms with van der Waals surface area (Å²) in [4.78, 5) is 1.52. The van der Waals surface area contributed by atoms with E-state index in [-0.39, 0.29) is 0 Å². The number of hydrogen-bond acceptors (Lipinski definition) is 1. The van der Waals surface area contributed by atoms with Crippen molar-refractivity contribution in [2.75, 3.05) is 0 Å². The van der Waals surface area contributed by atoms with Crippen LogP contribution in [0, 0.1) is 0 Å². The summed E-state index contributed by atoms with van der Waals surface area (Å²) in [6, 6.07) is 2.27. The molecule has 0 fully saturated rings. The van der Waals surface area contributed by atoms with E-state index in [2.05, 4.69) is 48.1 Å². The lowest BCUT2D eigenvalue weighted by Crippen LogP contribution is -2.18. The van der Waals surface area contributed by atoms with Gasteiger partial charge >= 0.3 is 0 Å². The Morgan fingerprint density at radius 2 is 2.15 bits per heavy atom. The Morgan fingerprint density at radius 3 is 2.54 bits per heavy atom. The van der Waals surface area contributed by atoms with Crippen LogP contribution in [0.2, 0.25) is 0 Å². The highest BCUT2D eigenvalue weighted by Crippen LogP contribution is 2.37. The monoisotopic (exact) mass is 260 g/mol. The topological polar surface area (TPSA) is 0 Å². The SMILES string of the molecule is CCCC(C)(CC)c1cc(Br)cs1. The minimum absolute atomic E-state index is 0.394. The molecule has 0 nitrogen and oxygen atoms in total. The van der Waals surface area contributed by atoms with Gasteiger partial charge in [0.1, 0.15) is 0 Å². The maximum absolute atomic E-state index is 3.52. The highest BCUT2D eigenvalue weighted by atomic mass is 79.9. The maximum atomic E-state index is 3.52. The average Bonchev–Trinajstić information content (AvgIpc) is 2.52. The lowest BCUT2D eigenvalue weighted by molar-refractivity contribution is 0.422. The second-order valence-electron chi connectivity index (χ2n) is 3.79. The van der Waals surface area contributed by atoms with Crippen LogP contribution in [0.5, 0.6) is 0 Å². The molecule has 1 aromatic heterocycles. The van der Waals surface area contributed by atoms with Gasteiger partial charge in [-0.05, 0) is 34.8 Å². The lowest BCUT2D eigenvalue weighted by atomic mass is 9.81. The fourth-order valence-electron chi connectivity index (χ4n) is 1.66. The van der Waals surface area contributed by atoms with Gasteiger partial charge in [-0.2, -0.15) is 0 Å². The smallest absolute Gasteiger partial charge is 0.0285 e. The van der Waals surface area contributed by atoms with Crippen LogP contribution < -0.4 is 0 Å². The molecule has 1 rings (SSSR count). The van der Waals surface area contributed by atoms with E-state index in [1.165, 1.54) is 28.6 Å². The van der Waals surface area contributed by atoms with Crippen molar-refractivity contribution in [3.63, 3.8) is 0 Å². The van der Waals surface area contributed by atoms with E-state index >= 15 is 0 Å². The van der Waals surface area contributed by atoms with Gasteiger partial charge in [-0.15, -0.1) is 11.3 Å². The van der Waals surface area contributed by atoms with Crippen molar-refractivity contribution in [2.24, 2.45) is 0 Å². The minimum Gasteiger partial charge on any atom is -0.147 e. The van der Waals surface area contributed by atoms with Crippen molar-refractivity contribution in [3.8, 4) is 0 Å². The summed E-state index contributed by atoms with van der Waals surface area (Å²) in [6.45, 7) is 6.91. The van der Waals surface area contributed by atoms with E-state index in [0.29, 0.717) is 5.41 Å². The largest absolute Gasteiger partial charge is 0.147 e. The van der Waals surface area contributed by atoms with Gasteiger partial charge < -0.3 is 0 Å². The van der Waals surface area contributed by atoms with Gasteiger partial charge in [0.2, 0.25) is 0 Å². The Bertz CT molecular complexity index is 267. The Labute approximate surface area is 93.5 Å². The highest BCUT2D eigenvalue weighted by molar-refractivity contribution is 9.10. The zero-order chi connectivity index (χ0) is 9.90. The van der Waals surface area contributed by atoms with Gasteiger partial charge in [0, 0.05) is 20.1 Å². The molecule has 0 radical (unpaired) electrons. The maximum Gasteiger partial charge on any atom is 0.0285 e. The number of rotatable bonds is 4. The first-order chi connectivity index (χ1) is 6.12. The van der Waals surface area contributed by atoms with Crippen LogP contribution in [0.1, 0.15) is 44.9 Å². The molecule has 0 aliphatic rings. The molecule has 0 aliphatic carbocycles. The molecule has 1 heterocycles. The quantitative estimate of drug-likeness (QED) is 0.717. The molecule has 0 aromatic carbocycles. The summed E-state index contributed by atoms with van der Waals surface area (Å²) in [7, 11) is 0. The second kappa shape index (κ2) is 4.61. The molecule has 0 saturated carbocycles.